The number of nitrogens with zero attached hydrogens (tertiary/aromatic N) is 2. The molecule has 1 aromatic rings. The summed E-state index contributed by atoms with van der Waals surface area (Å²) in [5.41, 5.74) is 3.89. The largest absolute Gasteiger partial charge is 0.435 e. The summed E-state index contributed by atoms with van der Waals surface area (Å²) in [6.07, 6.45) is 2.62. The maximum absolute atomic E-state index is 12.7. The van der Waals surface area contributed by atoms with E-state index in [0.717, 1.165) is 44.7 Å². The smallest absolute Gasteiger partial charge is 0.396 e. The van der Waals surface area contributed by atoms with Crippen molar-refractivity contribution >= 4 is 5.69 Å². The second-order valence-corrected chi connectivity index (χ2v) is 4.72. The topological polar surface area (TPSA) is 51.8 Å². The molecule has 100 valence electrons. The van der Waals surface area contributed by atoms with E-state index in [4.69, 9.17) is 5.73 Å². The van der Waals surface area contributed by atoms with Crippen LogP contribution in [0, 0.1) is 0 Å². The van der Waals surface area contributed by atoms with Crippen LogP contribution in [0.2, 0.25) is 0 Å². The van der Waals surface area contributed by atoms with Crippen LogP contribution in [-0.4, -0.2) is 9.97 Å². The first kappa shape index (κ1) is 13.1. The third-order valence-electron chi connectivity index (χ3n) is 3.32. The third-order valence-corrected chi connectivity index (χ3v) is 3.32. The average Bonchev–Trinajstić information content (AvgIpc) is 2.56. The Morgan fingerprint density at radius 2 is 1.72 bits per heavy atom. The summed E-state index contributed by atoms with van der Waals surface area (Å²) < 4.78 is 38.1. The molecule has 0 saturated heterocycles. The van der Waals surface area contributed by atoms with E-state index >= 15 is 0 Å². The zero-order valence-corrected chi connectivity index (χ0v) is 10.0. The van der Waals surface area contributed by atoms with Crippen LogP contribution in [0.25, 0.3) is 0 Å². The minimum Gasteiger partial charge on any atom is -0.396 e. The number of hydrogen-bond donors (Lipinski definition) is 1. The molecule has 0 spiro atoms. The second-order valence-electron chi connectivity index (χ2n) is 4.72. The lowest BCUT2D eigenvalue weighted by Crippen LogP contribution is -2.15. The first-order chi connectivity index (χ1) is 8.48. The van der Waals surface area contributed by atoms with Crippen molar-refractivity contribution in [1.29, 1.82) is 0 Å². The maximum Gasteiger partial charge on any atom is 0.435 e. The number of alkyl halides is 3. The van der Waals surface area contributed by atoms with E-state index in [0.29, 0.717) is 5.82 Å². The molecule has 6 heteroatoms. The summed E-state index contributed by atoms with van der Waals surface area (Å²) in [6, 6.07) is 0. The molecule has 2 N–H and O–H groups in total. The fraction of sp³-hybridized carbons (Fsp3) is 0.667. The van der Waals surface area contributed by atoms with Crippen molar-refractivity contribution in [2.45, 2.75) is 50.6 Å². The molecule has 0 aliphatic heterocycles. The highest BCUT2D eigenvalue weighted by Crippen LogP contribution is 2.34. The van der Waals surface area contributed by atoms with Crippen LogP contribution in [0.15, 0.2) is 6.20 Å². The lowest BCUT2D eigenvalue weighted by molar-refractivity contribution is -0.140. The Labute approximate surface area is 104 Å². The Morgan fingerprint density at radius 1 is 1.11 bits per heavy atom. The van der Waals surface area contributed by atoms with Gasteiger partial charge in [-0.3, -0.25) is 0 Å². The Kier molecular flexibility index (Phi) is 3.73. The predicted molar refractivity (Wildman–Crippen MR) is 61.9 cm³/mol. The molecule has 0 unspecified atom stereocenters. The van der Waals surface area contributed by atoms with Crippen LogP contribution in [0.5, 0.6) is 0 Å². The monoisotopic (exact) mass is 259 g/mol. The molecule has 0 aromatic carbocycles. The standard InChI is InChI=1S/C12H16F3N3/c13-12(14,15)10-9(16)7-17-11(18-10)8-5-3-1-2-4-6-8/h7-8H,1-6,16H2. The van der Waals surface area contributed by atoms with Crippen molar-refractivity contribution in [3.63, 3.8) is 0 Å². The Morgan fingerprint density at radius 3 is 2.28 bits per heavy atom. The normalized spacial score (nSPS) is 18.6. The number of anilines is 1. The minimum absolute atomic E-state index is 0.0363. The van der Waals surface area contributed by atoms with E-state index in [1.54, 1.807) is 0 Å². The summed E-state index contributed by atoms with van der Waals surface area (Å²) >= 11 is 0. The fourth-order valence-electron chi connectivity index (χ4n) is 2.37. The molecule has 0 bridgehead atoms. The molecule has 1 saturated carbocycles. The number of rotatable bonds is 1. The second kappa shape index (κ2) is 5.12. The lowest BCUT2D eigenvalue weighted by Gasteiger charge is -2.15. The molecule has 1 aliphatic rings. The van der Waals surface area contributed by atoms with Crippen molar-refractivity contribution in [1.82, 2.24) is 9.97 Å². The highest BCUT2D eigenvalue weighted by molar-refractivity contribution is 5.42. The van der Waals surface area contributed by atoms with E-state index in [-0.39, 0.29) is 5.92 Å². The van der Waals surface area contributed by atoms with Gasteiger partial charge in [0.2, 0.25) is 0 Å². The SMILES string of the molecule is Nc1cnc(C2CCCCCC2)nc1C(F)(F)F. The fourth-order valence-corrected chi connectivity index (χ4v) is 2.37. The first-order valence-corrected chi connectivity index (χ1v) is 6.18. The number of nitrogen functional groups attached to an aromatic ring is 1. The summed E-state index contributed by atoms with van der Waals surface area (Å²) in [5.74, 6) is 0.327. The number of aromatic nitrogens is 2. The summed E-state index contributed by atoms with van der Waals surface area (Å²) in [7, 11) is 0. The van der Waals surface area contributed by atoms with Gasteiger partial charge in [-0.05, 0) is 12.8 Å². The van der Waals surface area contributed by atoms with Crippen LogP contribution in [0.4, 0.5) is 18.9 Å². The van der Waals surface area contributed by atoms with Crippen LogP contribution < -0.4 is 5.73 Å². The lowest BCUT2D eigenvalue weighted by atomic mass is 9.99. The van der Waals surface area contributed by atoms with Crippen molar-refractivity contribution in [2.75, 3.05) is 5.73 Å². The van der Waals surface area contributed by atoms with Crippen molar-refractivity contribution < 1.29 is 13.2 Å². The van der Waals surface area contributed by atoms with Gasteiger partial charge in [-0.25, -0.2) is 9.97 Å². The molecule has 2 rings (SSSR count). The molecular formula is C12H16F3N3. The Balaban J connectivity index is 2.28. The van der Waals surface area contributed by atoms with Crippen LogP contribution >= 0.6 is 0 Å². The quantitative estimate of drug-likeness (QED) is 0.785. The summed E-state index contributed by atoms with van der Waals surface area (Å²) in [5, 5.41) is 0. The van der Waals surface area contributed by atoms with Crippen LogP contribution in [0.1, 0.15) is 56.0 Å². The van der Waals surface area contributed by atoms with E-state index in [1.807, 2.05) is 0 Å². The molecule has 1 aromatic heterocycles. The molecule has 18 heavy (non-hydrogen) atoms. The van der Waals surface area contributed by atoms with Gasteiger partial charge >= 0.3 is 6.18 Å². The van der Waals surface area contributed by atoms with Crippen molar-refractivity contribution in [2.24, 2.45) is 0 Å². The van der Waals surface area contributed by atoms with Gasteiger partial charge in [0.15, 0.2) is 5.69 Å². The van der Waals surface area contributed by atoms with Gasteiger partial charge in [0.05, 0.1) is 11.9 Å². The van der Waals surface area contributed by atoms with Crippen molar-refractivity contribution in [3.8, 4) is 0 Å². The molecule has 0 amide bonds. The Hall–Kier alpha value is -1.33. The van der Waals surface area contributed by atoms with E-state index in [2.05, 4.69) is 9.97 Å². The Bertz CT molecular complexity index is 410. The highest BCUT2D eigenvalue weighted by Gasteiger charge is 2.36. The molecule has 1 heterocycles. The number of halogens is 3. The van der Waals surface area contributed by atoms with Crippen LogP contribution in [-0.2, 0) is 6.18 Å². The van der Waals surface area contributed by atoms with Crippen LogP contribution in [0.3, 0.4) is 0 Å². The zero-order chi connectivity index (χ0) is 13.2. The van der Waals surface area contributed by atoms with Gasteiger partial charge in [-0.1, -0.05) is 25.7 Å². The average molecular weight is 259 g/mol. The van der Waals surface area contributed by atoms with Gasteiger partial charge in [-0.15, -0.1) is 0 Å². The first-order valence-electron chi connectivity index (χ1n) is 6.18. The molecule has 3 nitrogen and oxygen atoms in total. The third kappa shape index (κ3) is 2.91. The maximum atomic E-state index is 12.7. The van der Waals surface area contributed by atoms with E-state index in [9.17, 15) is 13.2 Å². The number of nitrogens with two attached hydrogens (primary N) is 1. The summed E-state index contributed by atoms with van der Waals surface area (Å²) in [4.78, 5) is 7.63. The van der Waals surface area contributed by atoms with E-state index < -0.39 is 17.6 Å². The van der Waals surface area contributed by atoms with Gasteiger partial charge in [0.1, 0.15) is 5.82 Å². The van der Waals surface area contributed by atoms with Gasteiger partial charge in [-0.2, -0.15) is 13.2 Å². The minimum atomic E-state index is -4.51. The molecule has 0 radical (unpaired) electrons. The molecule has 1 aliphatic carbocycles. The molecule has 0 atom stereocenters. The molecule has 1 fully saturated rings. The van der Waals surface area contributed by atoms with Gasteiger partial charge < -0.3 is 5.73 Å². The summed E-state index contributed by atoms with van der Waals surface area (Å²) in [6.45, 7) is 0. The zero-order valence-electron chi connectivity index (χ0n) is 10.0. The number of hydrogen-bond acceptors (Lipinski definition) is 3. The van der Waals surface area contributed by atoms with Crippen molar-refractivity contribution in [3.05, 3.63) is 17.7 Å². The van der Waals surface area contributed by atoms with Gasteiger partial charge in [0, 0.05) is 5.92 Å². The molecular weight excluding hydrogens is 243 g/mol. The van der Waals surface area contributed by atoms with Gasteiger partial charge in [0.25, 0.3) is 0 Å². The highest BCUT2D eigenvalue weighted by atomic mass is 19.4. The predicted octanol–water partition coefficient (Wildman–Crippen LogP) is 3.52. The van der Waals surface area contributed by atoms with E-state index in [1.165, 1.54) is 0 Å².